The van der Waals surface area contributed by atoms with Crippen LogP contribution in [0.5, 0.6) is 0 Å². The quantitative estimate of drug-likeness (QED) is 0.591. The van der Waals surface area contributed by atoms with Crippen LogP contribution in [0.15, 0.2) is 6.20 Å². The van der Waals surface area contributed by atoms with Gasteiger partial charge < -0.3 is 15.2 Å². The second-order valence-electron chi connectivity index (χ2n) is 4.09. The van der Waals surface area contributed by atoms with Gasteiger partial charge in [0.15, 0.2) is 0 Å². The Labute approximate surface area is 90.6 Å². The van der Waals surface area contributed by atoms with Gasteiger partial charge >= 0.3 is 11.8 Å². The molecule has 1 heterocycles. The van der Waals surface area contributed by atoms with Crippen LogP contribution in [0.25, 0.3) is 0 Å². The third kappa shape index (κ3) is 1.54. The normalized spacial score (nSPS) is 17.8. The first-order valence-corrected chi connectivity index (χ1v) is 4.95. The molecule has 1 fully saturated rings. The summed E-state index contributed by atoms with van der Waals surface area (Å²) in [7, 11) is 0. The van der Waals surface area contributed by atoms with Gasteiger partial charge in [0.25, 0.3) is 0 Å². The number of nitrogens with one attached hydrogen (secondary N) is 1. The van der Waals surface area contributed by atoms with E-state index >= 15 is 0 Å². The molecular weight excluding hydrogens is 214 g/mol. The van der Waals surface area contributed by atoms with Crippen LogP contribution in [0.2, 0.25) is 0 Å². The van der Waals surface area contributed by atoms with Crippen molar-refractivity contribution in [1.82, 2.24) is 10.2 Å². The number of hydrogen-bond acceptors (Lipinski definition) is 4. The number of aliphatic carboxylic acids is 1. The predicted molar refractivity (Wildman–Crippen MR) is 53.0 cm³/mol. The SMILES string of the molecule is O=C(O)CC1(c2cn[nH]c2[N+](=O)[O-])CCC1. The predicted octanol–water partition coefficient (Wildman–Crippen LogP) is 1.21. The molecule has 2 rings (SSSR count). The summed E-state index contributed by atoms with van der Waals surface area (Å²) in [4.78, 5) is 21.0. The molecule has 0 saturated heterocycles. The summed E-state index contributed by atoms with van der Waals surface area (Å²) in [6, 6.07) is 0. The molecule has 86 valence electrons. The molecule has 0 amide bonds. The summed E-state index contributed by atoms with van der Waals surface area (Å²) in [6.07, 6.45) is 3.53. The minimum Gasteiger partial charge on any atom is -0.481 e. The summed E-state index contributed by atoms with van der Waals surface area (Å²) in [5, 5.41) is 25.5. The van der Waals surface area contributed by atoms with Crippen LogP contribution in [0, 0.1) is 10.1 Å². The van der Waals surface area contributed by atoms with E-state index in [1.807, 2.05) is 0 Å². The van der Waals surface area contributed by atoms with E-state index in [0.29, 0.717) is 18.4 Å². The van der Waals surface area contributed by atoms with Crippen molar-refractivity contribution in [3.8, 4) is 0 Å². The highest BCUT2D eigenvalue weighted by Gasteiger charge is 2.45. The van der Waals surface area contributed by atoms with Gasteiger partial charge in [-0.25, -0.2) is 0 Å². The summed E-state index contributed by atoms with van der Waals surface area (Å²) in [6.45, 7) is 0. The molecule has 0 aliphatic heterocycles. The molecule has 0 spiro atoms. The molecule has 1 aromatic heterocycles. The molecule has 0 radical (unpaired) electrons. The molecule has 1 aliphatic rings. The van der Waals surface area contributed by atoms with Crippen LogP contribution in [-0.4, -0.2) is 26.2 Å². The van der Waals surface area contributed by atoms with Gasteiger partial charge in [0, 0.05) is 5.41 Å². The van der Waals surface area contributed by atoms with E-state index in [-0.39, 0.29) is 12.2 Å². The Morgan fingerprint density at radius 3 is 2.81 bits per heavy atom. The van der Waals surface area contributed by atoms with Gasteiger partial charge in [-0.2, -0.15) is 0 Å². The van der Waals surface area contributed by atoms with Gasteiger partial charge in [-0.3, -0.25) is 4.79 Å². The van der Waals surface area contributed by atoms with Crippen molar-refractivity contribution in [2.45, 2.75) is 31.1 Å². The van der Waals surface area contributed by atoms with Gasteiger partial charge in [-0.1, -0.05) is 11.5 Å². The number of nitrogens with zero attached hydrogens (tertiary/aromatic N) is 2. The minimum absolute atomic E-state index is 0.0760. The average Bonchev–Trinajstić information content (AvgIpc) is 2.59. The highest BCUT2D eigenvalue weighted by Crippen LogP contribution is 2.48. The molecule has 1 saturated carbocycles. The van der Waals surface area contributed by atoms with E-state index in [9.17, 15) is 14.9 Å². The van der Waals surface area contributed by atoms with Crippen molar-refractivity contribution in [1.29, 1.82) is 0 Å². The van der Waals surface area contributed by atoms with Crippen molar-refractivity contribution in [3.63, 3.8) is 0 Å². The van der Waals surface area contributed by atoms with Gasteiger partial charge in [0.1, 0.15) is 0 Å². The smallest absolute Gasteiger partial charge is 0.346 e. The molecular formula is C9H11N3O4. The molecule has 1 aromatic rings. The van der Waals surface area contributed by atoms with Crippen molar-refractivity contribution >= 4 is 11.8 Å². The lowest BCUT2D eigenvalue weighted by atomic mass is 9.63. The third-order valence-electron chi connectivity index (χ3n) is 3.17. The number of H-pyrrole nitrogens is 1. The molecule has 0 atom stereocenters. The lowest BCUT2D eigenvalue weighted by Crippen LogP contribution is -2.36. The van der Waals surface area contributed by atoms with Gasteiger partial charge in [0.05, 0.1) is 18.2 Å². The molecule has 2 N–H and O–H groups in total. The van der Waals surface area contributed by atoms with Crippen molar-refractivity contribution in [3.05, 3.63) is 21.9 Å². The number of carboxylic acid groups (broad SMARTS) is 1. The fraction of sp³-hybridized carbons (Fsp3) is 0.556. The lowest BCUT2D eigenvalue weighted by Gasteiger charge is -2.39. The van der Waals surface area contributed by atoms with E-state index in [1.165, 1.54) is 6.20 Å². The average molecular weight is 225 g/mol. The van der Waals surface area contributed by atoms with Crippen LogP contribution >= 0.6 is 0 Å². The lowest BCUT2D eigenvalue weighted by molar-refractivity contribution is -0.390. The Bertz CT molecular complexity index is 436. The maximum atomic E-state index is 10.8. The molecule has 0 bridgehead atoms. The molecule has 1 aliphatic carbocycles. The largest absolute Gasteiger partial charge is 0.481 e. The van der Waals surface area contributed by atoms with E-state index < -0.39 is 16.3 Å². The number of carbonyl (C=O) groups is 1. The minimum atomic E-state index is -0.935. The Kier molecular flexibility index (Phi) is 2.37. The number of hydrogen-bond donors (Lipinski definition) is 2. The zero-order valence-corrected chi connectivity index (χ0v) is 8.47. The van der Waals surface area contributed by atoms with Crippen LogP contribution in [0.1, 0.15) is 31.2 Å². The second kappa shape index (κ2) is 3.58. The molecule has 0 unspecified atom stereocenters. The van der Waals surface area contributed by atoms with E-state index in [4.69, 9.17) is 5.11 Å². The van der Waals surface area contributed by atoms with E-state index in [2.05, 4.69) is 10.2 Å². The summed E-state index contributed by atoms with van der Waals surface area (Å²) in [5.41, 5.74) is -0.174. The van der Waals surface area contributed by atoms with Crippen molar-refractivity contribution < 1.29 is 14.8 Å². The molecule has 7 nitrogen and oxygen atoms in total. The number of nitro groups is 1. The molecule has 7 heteroatoms. The van der Waals surface area contributed by atoms with Crippen molar-refractivity contribution in [2.24, 2.45) is 0 Å². The maximum absolute atomic E-state index is 10.8. The Hall–Kier alpha value is -1.92. The van der Waals surface area contributed by atoms with Crippen LogP contribution < -0.4 is 0 Å². The standard InChI is InChI=1S/C9H11N3O4/c13-7(14)4-9(2-1-3-9)6-5-10-11-8(6)12(15)16/h5H,1-4H2,(H,10,11)(H,13,14). The van der Waals surface area contributed by atoms with Gasteiger partial charge in [-0.05, 0) is 17.8 Å². The van der Waals surface area contributed by atoms with Crippen LogP contribution in [0.4, 0.5) is 5.82 Å². The first kappa shape index (κ1) is 10.6. The highest BCUT2D eigenvalue weighted by atomic mass is 16.6. The Morgan fingerprint density at radius 2 is 2.38 bits per heavy atom. The summed E-state index contributed by atoms with van der Waals surface area (Å²) in [5.74, 6) is -1.11. The Morgan fingerprint density at radius 1 is 1.69 bits per heavy atom. The third-order valence-corrected chi connectivity index (χ3v) is 3.17. The number of rotatable bonds is 4. The zero-order valence-electron chi connectivity index (χ0n) is 8.47. The monoisotopic (exact) mass is 225 g/mol. The topological polar surface area (TPSA) is 109 Å². The second-order valence-corrected chi connectivity index (χ2v) is 4.09. The maximum Gasteiger partial charge on any atom is 0.346 e. The first-order valence-electron chi connectivity index (χ1n) is 4.95. The zero-order chi connectivity index (χ0) is 11.8. The van der Waals surface area contributed by atoms with Gasteiger partial charge in [-0.15, -0.1) is 5.10 Å². The molecule has 16 heavy (non-hydrogen) atoms. The van der Waals surface area contributed by atoms with E-state index in [0.717, 1.165) is 6.42 Å². The van der Waals surface area contributed by atoms with Gasteiger partial charge in [0.2, 0.25) is 0 Å². The summed E-state index contributed by atoms with van der Waals surface area (Å²) >= 11 is 0. The summed E-state index contributed by atoms with van der Waals surface area (Å²) < 4.78 is 0. The van der Waals surface area contributed by atoms with Crippen molar-refractivity contribution in [2.75, 3.05) is 0 Å². The number of aromatic amines is 1. The highest BCUT2D eigenvalue weighted by molar-refractivity contribution is 5.70. The van der Waals surface area contributed by atoms with Crippen LogP contribution in [-0.2, 0) is 10.2 Å². The fourth-order valence-corrected chi connectivity index (χ4v) is 2.24. The number of aromatic nitrogens is 2. The fourth-order valence-electron chi connectivity index (χ4n) is 2.24. The number of carboxylic acids is 1. The Balaban J connectivity index is 2.36. The van der Waals surface area contributed by atoms with E-state index in [1.54, 1.807) is 0 Å². The molecule has 0 aromatic carbocycles. The first-order chi connectivity index (χ1) is 7.55. The van der Waals surface area contributed by atoms with Crippen LogP contribution in [0.3, 0.4) is 0 Å².